The summed E-state index contributed by atoms with van der Waals surface area (Å²) in [6.45, 7) is 4.67. The summed E-state index contributed by atoms with van der Waals surface area (Å²) >= 11 is 0. The number of nitro benzene ring substituents is 1. The third-order valence-electron chi connectivity index (χ3n) is 2.86. The van der Waals surface area contributed by atoms with Crippen molar-refractivity contribution in [2.24, 2.45) is 0 Å². The molecule has 1 heterocycles. The molecule has 0 unspecified atom stereocenters. The van der Waals surface area contributed by atoms with Crippen LogP contribution in [0.3, 0.4) is 0 Å². The van der Waals surface area contributed by atoms with Gasteiger partial charge in [0.25, 0.3) is 0 Å². The first-order chi connectivity index (χ1) is 10.0. The molecule has 0 spiro atoms. The first-order valence-electron chi connectivity index (χ1n) is 6.48. The van der Waals surface area contributed by atoms with Crippen LogP contribution in [-0.4, -0.2) is 33.1 Å². The fourth-order valence-electron chi connectivity index (χ4n) is 1.78. The van der Waals surface area contributed by atoms with Gasteiger partial charge >= 0.3 is 5.69 Å². The van der Waals surface area contributed by atoms with Gasteiger partial charge in [-0.15, -0.1) is 5.10 Å². The van der Waals surface area contributed by atoms with Crippen molar-refractivity contribution in [2.75, 3.05) is 7.11 Å². The van der Waals surface area contributed by atoms with Gasteiger partial charge < -0.3 is 10.1 Å². The Morgan fingerprint density at radius 3 is 2.86 bits per heavy atom. The maximum Gasteiger partial charge on any atom is 0.313 e. The number of nitrogens with zero attached hydrogens (tertiary/aromatic N) is 4. The third-order valence-corrected chi connectivity index (χ3v) is 2.86. The Kier molecular flexibility index (Phi) is 4.49. The number of hydrogen-bond acceptors (Lipinski definition) is 6. The van der Waals surface area contributed by atoms with Crippen LogP contribution < -0.4 is 10.1 Å². The molecule has 8 heteroatoms. The number of hydrogen-bond donors (Lipinski definition) is 1. The SMILES string of the molecule is COc1ccc(-n2cc(CNC(C)C)nn2)cc1[N+](=O)[O-]. The predicted octanol–water partition coefficient (Wildman–Crippen LogP) is 1.68. The van der Waals surface area contributed by atoms with Crippen LogP contribution in [0.15, 0.2) is 24.4 Å². The molecular weight excluding hydrogens is 274 g/mol. The van der Waals surface area contributed by atoms with Gasteiger partial charge in [0.2, 0.25) is 0 Å². The number of nitro groups is 1. The average molecular weight is 291 g/mol. The Morgan fingerprint density at radius 2 is 2.24 bits per heavy atom. The molecule has 112 valence electrons. The van der Waals surface area contributed by atoms with Crippen LogP contribution in [0.1, 0.15) is 19.5 Å². The van der Waals surface area contributed by atoms with Crippen LogP contribution in [0.4, 0.5) is 5.69 Å². The number of nitrogens with one attached hydrogen (secondary N) is 1. The molecule has 2 rings (SSSR count). The lowest BCUT2D eigenvalue weighted by molar-refractivity contribution is -0.385. The first kappa shape index (κ1) is 14.9. The molecule has 21 heavy (non-hydrogen) atoms. The van der Waals surface area contributed by atoms with Crippen molar-refractivity contribution in [3.63, 3.8) is 0 Å². The number of methoxy groups -OCH3 is 1. The molecule has 0 saturated carbocycles. The number of rotatable bonds is 6. The topological polar surface area (TPSA) is 95.1 Å². The van der Waals surface area contributed by atoms with E-state index in [1.165, 1.54) is 17.9 Å². The monoisotopic (exact) mass is 291 g/mol. The van der Waals surface area contributed by atoms with E-state index in [0.29, 0.717) is 18.3 Å². The third kappa shape index (κ3) is 3.54. The lowest BCUT2D eigenvalue weighted by Crippen LogP contribution is -2.21. The van der Waals surface area contributed by atoms with Crippen molar-refractivity contribution in [3.05, 3.63) is 40.2 Å². The van der Waals surface area contributed by atoms with E-state index in [0.717, 1.165) is 5.69 Å². The number of benzene rings is 1. The standard InChI is InChI=1S/C13H17N5O3/c1-9(2)14-7-10-8-17(16-15-10)11-4-5-13(21-3)12(6-11)18(19)20/h4-6,8-9,14H,7H2,1-3H3. The van der Waals surface area contributed by atoms with Gasteiger partial charge in [0.1, 0.15) is 0 Å². The highest BCUT2D eigenvalue weighted by molar-refractivity contribution is 5.53. The summed E-state index contributed by atoms with van der Waals surface area (Å²) in [5, 5.41) is 22.3. The van der Waals surface area contributed by atoms with Crippen molar-refractivity contribution in [1.29, 1.82) is 0 Å². The van der Waals surface area contributed by atoms with E-state index >= 15 is 0 Å². The van der Waals surface area contributed by atoms with Gasteiger partial charge in [-0.2, -0.15) is 0 Å². The predicted molar refractivity (Wildman–Crippen MR) is 76.5 cm³/mol. The first-order valence-corrected chi connectivity index (χ1v) is 6.48. The average Bonchev–Trinajstić information content (AvgIpc) is 2.93. The number of aromatic nitrogens is 3. The van der Waals surface area contributed by atoms with Crippen molar-refractivity contribution >= 4 is 5.69 Å². The van der Waals surface area contributed by atoms with E-state index in [1.807, 2.05) is 13.8 Å². The lowest BCUT2D eigenvalue weighted by atomic mass is 10.2. The molecule has 0 radical (unpaired) electrons. The Bertz CT molecular complexity index is 638. The fraction of sp³-hybridized carbons (Fsp3) is 0.385. The van der Waals surface area contributed by atoms with E-state index in [2.05, 4.69) is 15.6 Å². The molecule has 0 aliphatic rings. The molecule has 1 N–H and O–H groups in total. The maximum atomic E-state index is 11.0. The molecular formula is C13H17N5O3. The minimum Gasteiger partial charge on any atom is -0.490 e. The summed E-state index contributed by atoms with van der Waals surface area (Å²) in [7, 11) is 1.40. The Morgan fingerprint density at radius 1 is 1.48 bits per heavy atom. The molecule has 0 aliphatic heterocycles. The number of ether oxygens (including phenoxy) is 1. The molecule has 1 aromatic carbocycles. The van der Waals surface area contributed by atoms with Crippen molar-refractivity contribution in [3.8, 4) is 11.4 Å². The Labute approximate surface area is 121 Å². The lowest BCUT2D eigenvalue weighted by Gasteiger charge is -2.05. The Hall–Kier alpha value is -2.48. The quantitative estimate of drug-likeness (QED) is 0.642. The summed E-state index contributed by atoms with van der Waals surface area (Å²) in [4.78, 5) is 10.5. The van der Waals surface area contributed by atoms with E-state index in [1.54, 1.807) is 18.3 Å². The second kappa shape index (κ2) is 6.31. The van der Waals surface area contributed by atoms with E-state index in [4.69, 9.17) is 4.74 Å². The summed E-state index contributed by atoms with van der Waals surface area (Å²) in [6, 6.07) is 4.99. The van der Waals surface area contributed by atoms with Crippen LogP contribution in [0, 0.1) is 10.1 Å². The van der Waals surface area contributed by atoms with Gasteiger partial charge in [0.15, 0.2) is 5.75 Å². The zero-order valence-corrected chi connectivity index (χ0v) is 12.1. The van der Waals surface area contributed by atoms with Gasteiger partial charge in [0, 0.05) is 18.7 Å². The minimum atomic E-state index is -0.486. The highest BCUT2D eigenvalue weighted by Gasteiger charge is 2.16. The summed E-state index contributed by atoms with van der Waals surface area (Å²) in [5.74, 6) is 0.213. The van der Waals surface area contributed by atoms with Crippen LogP contribution in [0.2, 0.25) is 0 Å². The van der Waals surface area contributed by atoms with Gasteiger partial charge in [-0.05, 0) is 12.1 Å². The van der Waals surface area contributed by atoms with Gasteiger partial charge in [-0.3, -0.25) is 10.1 Å². The van der Waals surface area contributed by atoms with Gasteiger partial charge in [-0.25, -0.2) is 4.68 Å². The molecule has 0 aliphatic carbocycles. The van der Waals surface area contributed by atoms with Crippen LogP contribution in [0.5, 0.6) is 5.75 Å². The van der Waals surface area contributed by atoms with Crippen LogP contribution in [0.25, 0.3) is 5.69 Å². The van der Waals surface area contributed by atoms with E-state index in [9.17, 15) is 10.1 Å². The largest absolute Gasteiger partial charge is 0.490 e. The van der Waals surface area contributed by atoms with Crippen LogP contribution in [-0.2, 0) is 6.54 Å². The van der Waals surface area contributed by atoms with Crippen molar-refractivity contribution < 1.29 is 9.66 Å². The molecule has 0 fully saturated rings. The highest BCUT2D eigenvalue weighted by Crippen LogP contribution is 2.28. The van der Waals surface area contributed by atoms with Gasteiger partial charge in [-0.1, -0.05) is 19.1 Å². The molecule has 2 aromatic rings. The molecule has 0 bridgehead atoms. The van der Waals surface area contributed by atoms with Crippen molar-refractivity contribution in [2.45, 2.75) is 26.4 Å². The summed E-state index contributed by atoms with van der Waals surface area (Å²) in [6.07, 6.45) is 1.74. The maximum absolute atomic E-state index is 11.0. The van der Waals surface area contributed by atoms with Crippen LogP contribution >= 0.6 is 0 Å². The summed E-state index contributed by atoms with van der Waals surface area (Å²) in [5.41, 5.74) is 1.22. The smallest absolute Gasteiger partial charge is 0.313 e. The molecule has 1 aromatic heterocycles. The minimum absolute atomic E-state index is 0.104. The van der Waals surface area contributed by atoms with Crippen molar-refractivity contribution in [1.82, 2.24) is 20.3 Å². The zero-order valence-electron chi connectivity index (χ0n) is 12.1. The molecule has 0 amide bonds. The summed E-state index contributed by atoms with van der Waals surface area (Å²) < 4.78 is 6.47. The second-order valence-electron chi connectivity index (χ2n) is 4.80. The van der Waals surface area contributed by atoms with E-state index in [-0.39, 0.29) is 11.4 Å². The Balaban J connectivity index is 2.26. The van der Waals surface area contributed by atoms with Gasteiger partial charge in [0.05, 0.1) is 29.6 Å². The highest BCUT2D eigenvalue weighted by atomic mass is 16.6. The fourth-order valence-corrected chi connectivity index (χ4v) is 1.78. The zero-order chi connectivity index (χ0) is 15.4. The van der Waals surface area contributed by atoms with E-state index < -0.39 is 4.92 Å². The molecule has 0 saturated heterocycles. The normalized spacial score (nSPS) is 10.9. The molecule has 0 atom stereocenters. The molecule has 8 nitrogen and oxygen atoms in total. The second-order valence-corrected chi connectivity index (χ2v) is 4.80.